The number of carbonyl (C=O) groups excluding carboxylic acids is 2. The topological polar surface area (TPSA) is 61.4 Å². The Labute approximate surface area is 125 Å². The van der Waals surface area contributed by atoms with Crippen LogP contribution < -0.4 is 10.6 Å². The molecule has 0 aromatic heterocycles. The number of nitrogens with one attached hydrogen (secondary N) is 2. The molecule has 0 spiro atoms. The van der Waals surface area contributed by atoms with Crippen molar-refractivity contribution >= 4 is 11.8 Å². The Kier molecular flexibility index (Phi) is 5.33. The maximum Gasteiger partial charge on any atom is 0.251 e. The van der Waals surface area contributed by atoms with Crippen molar-refractivity contribution in [2.24, 2.45) is 5.92 Å². The predicted molar refractivity (Wildman–Crippen MR) is 82.0 cm³/mol. The zero-order valence-corrected chi connectivity index (χ0v) is 12.6. The zero-order chi connectivity index (χ0) is 15.2. The highest BCUT2D eigenvalue weighted by Crippen LogP contribution is 2.12. The molecule has 0 bridgehead atoms. The van der Waals surface area contributed by atoms with Gasteiger partial charge in [0.15, 0.2) is 0 Å². The molecule has 0 aliphatic carbocycles. The molecule has 1 unspecified atom stereocenters. The first-order chi connectivity index (χ1) is 10.1. The summed E-state index contributed by atoms with van der Waals surface area (Å²) in [5.74, 6) is 0.172. The lowest BCUT2D eigenvalue weighted by molar-refractivity contribution is -0.134. The van der Waals surface area contributed by atoms with Crippen LogP contribution in [0.1, 0.15) is 24.2 Å². The highest BCUT2D eigenvalue weighted by molar-refractivity contribution is 5.96. The van der Waals surface area contributed by atoms with E-state index in [0.29, 0.717) is 18.0 Å². The standard InChI is InChI=1S/C16H23N3O2/c1-12(2)14-10-17-8-9-19(14)15(20)11-18-16(21)13-6-4-3-5-7-13/h3-7,12,14,17H,8-11H2,1-2H3,(H,18,21). The molecule has 1 aliphatic heterocycles. The molecule has 1 fully saturated rings. The summed E-state index contributed by atoms with van der Waals surface area (Å²) in [4.78, 5) is 26.2. The maximum absolute atomic E-state index is 12.3. The van der Waals surface area contributed by atoms with Gasteiger partial charge in [-0.15, -0.1) is 0 Å². The largest absolute Gasteiger partial charge is 0.343 e. The average Bonchev–Trinajstić information content (AvgIpc) is 2.53. The van der Waals surface area contributed by atoms with Gasteiger partial charge in [0, 0.05) is 31.2 Å². The first-order valence-corrected chi connectivity index (χ1v) is 7.43. The first kappa shape index (κ1) is 15.5. The number of amides is 2. The van der Waals surface area contributed by atoms with Crippen molar-refractivity contribution in [2.45, 2.75) is 19.9 Å². The lowest BCUT2D eigenvalue weighted by atomic mass is 10.0. The minimum Gasteiger partial charge on any atom is -0.343 e. The average molecular weight is 289 g/mol. The molecule has 0 saturated carbocycles. The Hall–Kier alpha value is -1.88. The Balaban J connectivity index is 1.90. The fraction of sp³-hybridized carbons (Fsp3) is 0.500. The summed E-state index contributed by atoms with van der Waals surface area (Å²) in [5.41, 5.74) is 0.575. The van der Waals surface area contributed by atoms with Crippen LogP contribution in [0.5, 0.6) is 0 Å². The number of hydrogen-bond donors (Lipinski definition) is 2. The summed E-state index contributed by atoms with van der Waals surface area (Å²) in [6, 6.07) is 9.14. The highest BCUT2D eigenvalue weighted by Gasteiger charge is 2.28. The van der Waals surface area contributed by atoms with E-state index in [2.05, 4.69) is 24.5 Å². The Bertz CT molecular complexity index is 488. The van der Waals surface area contributed by atoms with Crippen molar-refractivity contribution in [3.63, 3.8) is 0 Å². The molecule has 2 N–H and O–H groups in total. The molecule has 1 heterocycles. The van der Waals surface area contributed by atoms with E-state index < -0.39 is 0 Å². The molecule has 1 atom stereocenters. The summed E-state index contributed by atoms with van der Waals surface area (Å²) >= 11 is 0. The van der Waals surface area contributed by atoms with Gasteiger partial charge >= 0.3 is 0 Å². The van der Waals surface area contributed by atoms with Gasteiger partial charge in [-0.1, -0.05) is 32.0 Å². The molecule has 21 heavy (non-hydrogen) atoms. The highest BCUT2D eigenvalue weighted by atomic mass is 16.2. The van der Waals surface area contributed by atoms with Crippen LogP contribution in [-0.4, -0.2) is 48.9 Å². The molecule has 1 aromatic rings. The molecular formula is C16H23N3O2. The predicted octanol–water partition coefficient (Wildman–Crippen LogP) is 0.873. The molecule has 2 amide bonds. The molecule has 0 radical (unpaired) electrons. The number of piperazine rings is 1. The summed E-state index contributed by atoms with van der Waals surface area (Å²) in [7, 11) is 0. The molecule has 5 nitrogen and oxygen atoms in total. The monoisotopic (exact) mass is 289 g/mol. The quantitative estimate of drug-likeness (QED) is 0.865. The molecular weight excluding hydrogens is 266 g/mol. The van der Waals surface area contributed by atoms with E-state index in [0.717, 1.165) is 13.1 Å². The van der Waals surface area contributed by atoms with Gasteiger partial charge in [-0.25, -0.2) is 0 Å². The molecule has 114 valence electrons. The van der Waals surface area contributed by atoms with Crippen LogP contribution in [0.25, 0.3) is 0 Å². The fourth-order valence-corrected chi connectivity index (χ4v) is 2.58. The van der Waals surface area contributed by atoms with E-state index in [1.807, 2.05) is 23.1 Å². The third-order valence-corrected chi connectivity index (χ3v) is 3.81. The number of carbonyl (C=O) groups is 2. The Morgan fingerprint density at radius 1 is 1.33 bits per heavy atom. The van der Waals surface area contributed by atoms with Crippen LogP contribution in [0, 0.1) is 5.92 Å². The minimum absolute atomic E-state index is 0.0144. The van der Waals surface area contributed by atoms with Gasteiger partial charge in [0.25, 0.3) is 5.91 Å². The van der Waals surface area contributed by atoms with Crippen molar-refractivity contribution in [1.29, 1.82) is 0 Å². The smallest absolute Gasteiger partial charge is 0.251 e. The van der Waals surface area contributed by atoms with Crippen LogP contribution >= 0.6 is 0 Å². The second-order valence-corrected chi connectivity index (χ2v) is 5.65. The van der Waals surface area contributed by atoms with Crippen LogP contribution in [0.15, 0.2) is 30.3 Å². The first-order valence-electron chi connectivity index (χ1n) is 7.43. The lowest BCUT2D eigenvalue weighted by Crippen LogP contribution is -2.57. The van der Waals surface area contributed by atoms with Crippen molar-refractivity contribution in [3.8, 4) is 0 Å². The van der Waals surface area contributed by atoms with E-state index in [9.17, 15) is 9.59 Å². The van der Waals surface area contributed by atoms with Gasteiger partial charge < -0.3 is 15.5 Å². The number of benzene rings is 1. The van der Waals surface area contributed by atoms with Crippen LogP contribution in [0.2, 0.25) is 0 Å². The van der Waals surface area contributed by atoms with E-state index in [-0.39, 0.29) is 24.4 Å². The van der Waals surface area contributed by atoms with Gasteiger partial charge in [0.1, 0.15) is 0 Å². The van der Waals surface area contributed by atoms with Gasteiger partial charge in [-0.3, -0.25) is 9.59 Å². The van der Waals surface area contributed by atoms with E-state index in [1.165, 1.54) is 0 Å². The van der Waals surface area contributed by atoms with E-state index in [1.54, 1.807) is 12.1 Å². The summed E-state index contributed by atoms with van der Waals surface area (Å²) in [6.07, 6.45) is 0. The van der Waals surface area contributed by atoms with Crippen molar-refractivity contribution in [2.75, 3.05) is 26.2 Å². The fourth-order valence-electron chi connectivity index (χ4n) is 2.58. The number of rotatable bonds is 4. The third-order valence-electron chi connectivity index (χ3n) is 3.81. The van der Waals surface area contributed by atoms with Gasteiger partial charge in [0.2, 0.25) is 5.91 Å². The van der Waals surface area contributed by atoms with Crippen molar-refractivity contribution in [3.05, 3.63) is 35.9 Å². The van der Waals surface area contributed by atoms with E-state index >= 15 is 0 Å². The van der Waals surface area contributed by atoms with E-state index in [4.69, 9.17) is 0 Å². The van der Waals surface area contributed by atoms with Crippen molar-refractivity contribution in [1.82, 2.24) is 15.5 Å². The van der Waals surface area contributed by atoms with Crippen LogP contribution in [0.4, 0.5) is 0 Å². The van der Waals surface area contributed by atoms with Crippen molar-refractivity contribution < 1.29 is 9.59 Å². The Morgan fingerprint density at radius 3 is 2.71 bits per heavy atom. The molecule has 2 rings (SSSR count). The number of nitrogens with zero attached hydrogens (tertiary/aromatic N) is 1. The number of hydrogen-bond acceptors (Lipinski definition) is 3. The summed E-state index contributed by atoms with van der Waals surface area (Å²) in [6.45, 7) is 6.60. The van der Waals surface area contributed by atoms with Gasteiger partial charge in [0.05, 0.1) is 6.54 Å². The summed E-state index contributed by atoms with van der Waals surface area (Å²) in [5, 5.41) is 6.02. The molecule has 1 saturated heterocycles. The second-order valence-electron chi connectivity index (χ2n) is 5.65. The third kappa shape index (κ3) is 4.04. The normalized spacial score (nSPS) is 18.6. The zero-order valence-electron chi connectivity index (χ0n) is 12.6. The van der Waals surface area contributed by atoms with Gasteiger partial charge in [-0.05, 0) is 18.1 Å². The minimum atomic E-state index is -0.208. The summed E-state index contributed by atoms with van der Waals surface area (Å²) < 4.78 is 0. The van der Waals surface area contributed by atoms with Gasteiger partial charge in [-0.2, -0.15) is 0 Å². The molecule has 1 aromatic carbocycles. The molecule has 5 heteroatoms. The Morgan fingerprint density at radius 2 is 2.05 bits per heavy atom. The van der Waals surface area contributed by atoms with Crippen LogP contribution in [-0.2, 0) is 4.79 Å². The van der Waals surface area contributed by atoms with Crippen LogP contribution in [0.3, 0.4) is 0 Å². The lowest BCUT2D eigenvalue weighted by Gasteiger charge is -2.38. The second kappa shape index (κ2) is 7.22. The maximum atomic E-state index is 12.3. The SMILES string of the molecule is CC(C)C1CNCCN1C(=O)CNC(=O)c1ccccc1. The molecule has 1 aliphatic rings.